The average molecular weight is 203 g/mol. The maximum atomic E-state index is 4.64. The Hall–Kier alpha value is -1.16. The van der Waals surface area contributed by atoms with Crippen molar-refractivity contribution in [1.29, 1.82) is 0 Å². The normalized spacial score (nSPS) is 9.38. The van der Waals surface area contributed by atoms with Crippen LogP contribution in [0.1, 0.15) is 11.1 Å². The summed E-state index contributed by atoms with van der Waals surface area (Å²) in [5, 5.41) is 4.64. The van der Waals surface area contributed by atoms with Crippen molar-refractivity contribution < 1.29 is 18.9 Å². The standard InChI is InChI=1S/C14H14N.Li/c1-11-7-3-5-9-13(11)15-14-10-6-4-8-12(14)2;/h3-10H,1-2H3;/q-1;+1. The van der Waals surface area contributed by atoms with Gasteiger partial charge in [0.05, 0.1) is 0 Å². The summed E-state index contributed by atoms with van der Waals surface area (Å²) in [6.07, 6.45) is 0. The van der Waals surface area contributed by atoms with Crippen molar-refractivity contribution in [2.45, 2.75) is 13.8 Å². The second-order valence-electron chi connectivity index (χ2n) is 3.68. The molecule has 0 amide bonds. The van der Waals surface area contributed by atoms with Gasteiger partial charge in [0.1, 0.15) is 0 Å². The minimum Gasteiger partial charge on any atom is -0.657 e. The van der Waals surface area contributed by atoms with Crippen LogP contribution in [0.15, 0.2) is 48.5 Å². The van der Waals surface area contributed by atoms with Gasteiger partial charge in [0, 0.05) is 0 Å². The fraction of sp³-hybridized carbons (Fsp3) is 0.143. The predicted molar refractivity (Wildman–Crippen MR) is 65.0 cm³/mol. The molecule has 0 aliphatic rings. The molecule has 0 fully saturated rings. The van der Waals surface area contributed by atoms with Crippen molar-refractivity contribution in [2.75, 3.05) is 0 Å². The molecule has 0 aromatic heterocycles. The van der Waals surface area contributed by atoms with E-state index in [0.717, 1.165) is 11.4 Å². The Labute approximate surface area is 109 Å². The summed E-state index contributed by atoms with van der Waals surface area (Å²) in [5.74, 6) is 0. The molecule has 0 bridgehead atoms. The number of rotatable bonds is 2. The SMILES string of the molecule is Cc1ccccc1[N-]c1ccccc1C.[Li+]. The molecule has 0 spiro atoms. The van der Waals surface area contributed by atoms with E-state index in [4.69, 9.17) is 0 Å². The van der Waals surface area contributed by atoms with Gasteiger partial charge >= 0.3 is 18.9 Å². The van der Waals surface area contributed by atoms with E-state index in [1.807, 2.05) is 36.4 Å². The molecule has 76 valence electrons. The Morgan fingerprint density at radius 3 is 1.44 bits per heavy atom. The van der Waals surface area contributed by atoms with E-state index < -0.39 is 0 Å². The summed E-state index contributed by atoms with van der Waals surface area (Å²) in [6.45, 7) is 4.16. The van der Waals surface area contributed by atoms with Gasteiger partial charge in [0.2, 0.25) is 0 Å². The van der Waals surface area contributed by atoms with Crippen molar-refractivity contribution in [3.05, 3.63) is 65.0 Å². The third kappa shape index (κ3) is 2.92. The van der Waals surface area contributed by atoms with Crippen molar-refractivity contribution in [3.63, 3.8) is 0 Å². The molecule has 2 rings (SSSR count). The molecule has 0 saturated carbocycles. The van der Waals surface area contributed by atoms with E-state index in [9.17, 15) is 0 Å². The van der Waals surface area contributed by atoms with Gasteiger partial charge in [-0.15, -0.1) is 11.4 Å². The summed E-state index contributed by atoms with van der Waals surface area (Å²) in [4.78, 5) is 0. The first-order valence-corrected chi connectivity index (χ1v) is 5.10. The van der Waals surface area contributed by atoms with Gasteiger partial charge < -0.3 is 5.32 Å². The minimum atomic E-state index is 0. The fourth-order valence-electron chi connectivity index (χ4n) is 1.51. The van der Waals surface area contributed by atoms with Crippen molar-refractivity contribution in [2.24, 2.45) is 0 Å². The zero-order valence-corrected chi connectivity index (χ0v) is 10.1. The largest absolute Gasteiger partial charge is 1.00 e. The van der Waals surface area contributed by atoms with E-state index in [0.29, 0.717) is 0 Å². The van der Waals surface area contributed by atoms with Crippen LogP contribution in [-0.2, 0) is 0 Å². The molecule has 1 nitrogen and oxygen atoms in total. The second-order valence-corrected chi connectivity index (χ2v) is 3.68. The molecule has 0 radical (unpaired) electrons. The molecule has 0 saturated heterocycles. The van der Waals surface area contributed by atoms with Crippen LogP contribution in [0.5, 0.6) is 0 Å². The van der Waals surface area contributed by atoms with Crippen molar-refractivity contribution >= 4 is 11.4 Å². The Bertz CT molecular complexity index is 422. The van der Waals surface area contributed by atoms with Crippen molar-refractivity contribution in [3.8, 4) is 0 Å². The summed E-state index contributed by atoms with van der Waals surface area (Å²) in [5.41, 5.74) is 4.51. The molecule has 16 heavy (non-hydrogen) atoms. The number of hydrogen-bond acceptors (Lipinski definition) is 0. The van der Waals surface area contributed by atoms with E-state index in [2.05, 4.69) is 31.3 Å². The minimum absolute atomic E-state index is 0. The molecule has 0 N–H and O–H groups in total. The van der Waals surface area contributed by atoms with Crippen LogP contribution < -0.4 is 18.9 Å². The average Bonchev–Trinajstić information content (AvgIpc) is 2.24. The van der Waals surface area contributed by atoms with Crippen LogP contribution in [-0.4, -0.2) is 0 Å². The molecule has 2 aromatic carbocycles. The quantitative estimate of drug-likeness (QED) is 0.659. The monoisotopic (exact) mass is 203 g/mol. The van der Waals surface area contributed by atoms with Gasteiger partial charge in [0.15, 0.2) is 0 Å². The van der Waals surface area contributed by atoms with Gasteiger partial charge in [0.25, 0.3) is 0 Å². The molecule has 0 heterocycles. The molecular formula is C14H14LiN. The first-order valence-electron chi connectivity index (χ1n) is 5.10. The topological polar surface area (TPSA) is 14.1 Å². The van der Waals surface area contributed by atoms with Gasteiger partial charge in [-0.25, -0.2) is 0 Å². The summed E-state index contributed by atoms with van der Waals surface area (Å²) in [7, 11) is 0. The molecule has 0 unspecified atom stereocenters. The number of para-hydroxylation sites is 2. The van der Waals surface area contributed by atoms with Crippen molar-refractivity contribution in [1.82, 2.24) is 0 Å². The van der Waals surface area contributed by atoms with Gasteiger partial charge in [-0.05, 0) is 13.8 Å². The van der Waals surface area contributed by atoms with Crippen LogP contribution in [0.3, 0.4) is 0 Å². The van der Waals surface area contributed by atoms with Gasteiger partial charge in [-0.2, -0.15) is 0 Å². The Balaban J connectivity index is 0.00000128. The van der Waals surface area contributed by atoms with Crippen LogP contribution in [0.4, 0.5) is 11.4 Å². The number of nitrogens with zero attached hydrogens (tertiary/aromatic N) is 1. The first kappa shape index (κ1) is 12.9. The van der Waals surface area contributed by atoms with Gasteiger partial charge in [-0.3, -0.25) is 0 Å². The maximum absolute atomic E-state index is 4.64. The zero-order valence-electron chi connectivity index (χ0n) is 10.1. The van der Waals surface area contributed by atoms with Crippen LogP contribution >= 0.6 is 0 Å². The summed E-state index contributed by atoms with van der Waals surface area (Å²) < 4.78 is 0. The third-order valence-electron chi connectivity index (χ3n) is 2.47. The van der Waals surface area contributed by atoms with Crippen LogP contribution in [0, 0.1) is 13.8 Å². The molecule has 0 aliphatic heterocycles. The van der Waals surface area contributed by atoms with Crippen LogP contribution in [0.2, 0.25) is 0 Å². The number of aryl methyl sites for hydroxylation is 2. The smallest absolute Gasteiger partial charge is 0.657 e. The van der Waals surface area contributed by atoms with E-state index in [1.54, 1.807) is 0 Å². The fourth-order valence-corrected chi connectivity index (χ4v) is 1.51. The molecular weight excluding hydrogens is 189 g/mol. The Morgan fingerprint density at radius 1 is 0.688 bits per heavy atom. The predicted octanol–water partition coefficient (Wildman–Crippen LogP) is 1.64. The maximum Gasteiger partial charge on any atom is 1.00 e. The molecule has 2 heteroatoms. The molecule has 0 atom stereocenters. The van der Waals surface area contributed by atoms with Gasteiger partial charge in [-0.1, -0.05) is 59.7 Å². The van der Waals surface area contributed by atoms with E-state index >= 15 is 0 Å². The van der Waals surface area contributed by atoms with Crippen LogP contribution in [0.25, 0.3) is 5.32 Å². The number of benzene rings is 2. The zero-order chi connectivity index (χ0) is 10.7. The number of hydrogen-bond donors (Lipinski definition) is 0. The molecule has 2 aromatic rings. The van der Waals surface area contributed by atoms with E-state index in [1.165, 1.54) is 11.1 Å². The summed E-state index contributed by atoms with van der Waals surface area (Å²) >= 11 is 0. The Kier molecular flexibility index (Phi) is 4.67. The summed E-state index contributed by atoms with van der Waals surface area (Å²) in [6, 6.07) is 16.4. The Morgan fingerprint density at radius 2 is 1.06 bits per heavy atom. The first-order chi connectivity index (χ1) is 7.27. The second kappa shape index (κ2) is 5.79. The molecule has 0 aliphatic carbocycles. The third-order valence-corrected chi connectivity index (χ3v) is 2.47. The van der Waals surface area contributed by atoms with E-state index in [-0.39, 0.29) is 18.9 Å².